The monoisotopic (exact) mass is 468 g/mol. The zero-order valence-corrected chi connectivity index (χ0v) is 18.4. The van der Waals surface area contributed by atoms with E-state index < -0.39 is 11.3 Å². The van der Waals surface area contributed by atoms with Gasteiger partial charge < -0.3 is 9.52 Å². The Balaban J connectivity index is 1.94. The number of pyridine rings is 1. The van der Waals surface area contributed by atoms with Crippen molar-refractivity contribution >= 4 is 32.7 Å². The predicted octanol–water partition coefficient (Wildman–Crippen LogP) is 5.29. The minimum Gasteiger partial charge on any atom is -0.494 e. The van der Waals surface area contributed by atoms with Crippen molar-refractivity contribution in [1.82, 2.24) is 4.57 Å². The van der Waals surface area contributed by atoms with E-state index in [1.165, 1.54) is 11.5 Å². The molecule has 6 nitrogen and oxygen atoms in total. The highest BCUT2D eigenvalue weighted by atomic mass is 79.9. The summed E-state index contributed by atoms with van der Waals surface area (Å²) in [5.41, 5.74) is 0.678. The Morgan fingerprint density at radius 2 is 1.93 bits per heavy atom. The average molecular weight is 469 g/mol. The van der Waals surface area contributed by atoms with Crippen molar-refractivity contribution in [3.8, 4) is 11.9 Å². The molecule has 3 aromatic rings. The molecule has 1 saturated carbocycles. The summed E-state index contributed by atoms with van der Waals surface area (Å²) in [6.07, 6.45) is 4.41. The van der Waals surface area contributed by atoms with Crippen molar-refractivity contribution in [3.05, 3.63) is 61.0 Å². The molecular formula is C23H21BrN2O4. The smallest absolute Gasteiger partial charge is 0.271 e. The number of aryl methyl sites for hydroxylation is 1. The van der Waals surface area contributed by atoms with Gasteiger partial charge in [-0.2, -0.15) is 5.26 Å². The summed E-state index contributed by atoms with van der Waals surface area (Å²) < 4.78 is 7.92. The van der Waals surface area contributed by atoms with Crippen molar-refractivity contribution in [2.75, 3.05) is 0 Å². The summed E-state index contributed by atoms with van der Waals surface area (Å²) in [7, 11) is 0. The molecule has 1 aliphatic rings. The van der Waals surface area contributed by atoms with Gasteiger partial charge in [0.15, 0.2) is 5.76 Å². The highest BCUT2D eigenvalue weighted by Gasteiger charge is 2.31. The Kier molecular flexibility index (Phi) is 5.29. The lowest BCUT2D eigenvalue weighted by molar-refractivity contribution is 0.100. The molecule has 0 radical (unpaired) electrons. The van der Waals surface area contributed by atoms with Crippen LogP contribution in [0.5, 0.6) is 5.88 Å². The molecule has 1 aromatic carbocycles. The third-order valence-corrected chi connectivity index (χ3v) is 6.51. The molecule has 0 aliphatic heterocycles. The highest BCUT2D eigenvalue weighted by Crippen LogP contribution is 2.35. The fourth-order valence-electron chi connectivity index (χ4n) is 4.39. The SMILES string of the molecule is Cc1c(C(=O)c2oc3ccc(Br)cc3c2C)c(O)n(C2CCCCC2)c(=O)c1C#N. The topological polar surface area (TPSA) is 96.2 Å². The van der Waals surface area contributed by atoms with Crippen molar-refractivity contribution < 1.29 is 14.3 Å². The van der Waals surface area contributed by atoms with Gasteiger partial charge in [-0.25, -0.2) is 0 Å². The van der Waals surface area contributed by atoms with Crippen LogP contribution in [0.15, 0.2) is 31.9 Å². The van der Waals surface area contributed by atoms with E-state index in [4.69, 9.17) is 4.42 Å². The quantitative estimate of drug-likeness (QED) is 0.526. The average Bonchev–Trinajstić information content (AvgIpc) is 3.05. The minimum atomic E-state index is -0.541. The third kappa shape index (κ3) is 3.16. The molecule has 1 fully saturated rings. The molecule has 0 unspecified atom stereocenters. The van der Waals surface area contributed by atoms with E-state index in [1.54, 1.807) is 13.0 Å². The van der Waals surface area contributed by atoms with Gasteiger partial charge in [0, 0.05) is 21.5 Å². The van der Waals surface area contributed by atoms with Crippen LogP contribution in [0.25, 0.3) is 11.0 Å². The van der Waals surface area contributed by atoms with Gasteiger partial charge in [-0.05, 0) is 50.5 Å². The Morgan fingerprint density at radius 3 is 2.60 bits per heavy atom. The van der Waals surface area contributed by atoms with Crippen LogP contribution in [-0.4, -0.2) is 15.5 Å². The maximum absolute atomic E-state index is 13.5. The number of halogens is 1. The van der Waals surface area contributed by atoms with Gasteiger partial charge in [-0.3, -0.25) is 14.2 Å². The molecule has 154 valence electrons. The second kappa shape index (κ2) is 7.77. The van der Waals surface area contributed by atoms with Crippen LogP contribution in [0.2, 0.25) is 0 Å². The maximum Gasteiger partial charge on any atom is 0.271 e. The molecule has 7 heteroatoms. The fourth-order valence-corrected chi connectivity index (χ4v) is 4.76. The largest absolute Gasteiger partial charge is 0.494 e. The standard InChI is InChI=1S/C23H21BrN2O4/c1-12-17(11-25)22(28)26(15-6-4-3-5-7-15)23(29)19(12)20(27)21-13(2)16-10-14(24)8-9-18(16)30-21/h8-10,15,29H,3-7H2,1-2H3. The van der Waals surface area contributed by atoms with E-state index >= 15 is 0 Å². The number of hydrogen-bond acceptors (Lipinski definition) is 5. The van der Waals surface area contributed by atoms with Crippen molar-refractivity contribution in [2.24, 2.45) is 0 Å². The predicted molar refractivity (Wildman–Crippen MR) is 116 cm³/mol. The molecule has 1 N–H and O–H groups in total. The summed E-state index contributed by atoms with van der Waals surface area (Å²) in [4.78, 5) is 26.4. The molecule has 0 saturated heterocycles. The summed E-state index contributed by atoms with van der Waals surface area (Å²) in [6, 6.07) is 7.15. The lowest BCUT2D eigenvalue weighted by atomic mass is 9.93. The van der Waals surface area contributed by atoms with Crippen molar-refractivity contribution in [3.63, 3.8) is 0 Å². The van der Waals surface area contributed by atoms with Gasteiger partial charge in [0.25, 0.3) is 5.56 Å². The first kappa shape index (κ1) is 20.4. The van der Waals surface area contributed by atoms with E-state index in [9.17, 15) is 20.0 Å². The first-order valence-electron chi connectivity index (χ1n) is 9.96. The molecular weight excluding hydrogens is 448 g/mol. The lowest BCUT2D eigenvalue weighted by Gasteiger charge is -2.26. The Morgan fingerprint density at radius 1 is 1.23 bits per heavy atom. The van der Waals surface area contributed by atoms with Crippen molar-refractivity contribution in [2.45, 2.75) is 52.0 Å². The highest BCUT2D eigenvalue weighted by molar-refractivity contribution is 9.10. The van der Waals surface area contributed by atoms with Gasteiger partial charge >= 0.3 is 0 Å². The molecule has 0 spiro atoms. The zero-order valence-electron chi connectivity index (χ0n) is 16.8. The molecule has 30 heavy (non-hydrogen) atoms. The number of carbonyl (C=O) groups is 1. The summed E-state index contributed by atoms with van der Waals surface area (Å²) in [5.74, 6) is -0.815. The first-order chi connectivity index (χ1) is 14.3. The first-order valence-corrected chi connectivity index (χ1v) is 10.8. The normalized spacial score (nSPS) is 14.7. The molecule has 1 aliphatic carbocycles. The van der Waals surface area contributed by atoms with Gasteiger partial charge in [0.1, 0.15) is 17.2 Å². The number of fused-ring (bicyclic) bond motifs is 1. The molecule has 2 aromatic heterocycles. The number of aromatic hydroxyl groups is 1. The Hall–Kier alpha value is -2.85. The lowest BCUT2D eigenvalue weighted by Crippen LogP contribution is -2.31. The number of hydrogen-bond donors (Lipinski definition) is 1. The van der Waals surface area contributed by atoms with Crippen LogP contribution >= 0.6 is 15.9 Å². The summed E-state index contributed by atoms with van der Waals surface area (Å²) >= 11 is 3.42. The van der Waals surface area contributed by atoms with Crippen LogP contribution in [0, 0.1) is 25.2 Å². The molecule has 2 heterocycles. The number of nitrogens with zero attached hydrogens (tertiary/aromatic N) is 2. The second-order valence-corrected chi connectivity index (χ2v) is 8.72. The van der Waals surface area contributed by atoms with Gasteiger partial charge in [0.2, 0.25) is 11.7 Å². The van der Waals surface area contributed by atoms with Gasteiger partial charge in [-0.1, -0.05) is 35.2 Å². The van der Waals surface area contributed by atoms with E-state index in [2.05, 4.69) is 15.9 Å². The molecule has 4 rings (SSSR count). The molecule has 0 bridgehead atoms. The number of ketones is 1. The number of aromatic nitrogens is 1. The maximum atomic E-state index is 13.5. The molecule has 0 atom stereocenters. The van der Waals surface area contributed by atoms with E-state index in [1.807, 2.05) is 18.2 Å². The number of rotatable bonds is 3. The third-order valence-electron chi connectivity index (χ3n) is 6.02. The summed E-state index contributed by atoms with van der Waals surface area (Å²) in [5, 5.41) is 21.4. The molecule has 0 amide bonds. The van der Waals surface area contributed by atoms with Gasteiger partial charge in [-0.15, -0.1) is 0 Å². The van der Waals surface area contributed by atoms with Crippen LogP contribution in [0.1, 0.15) is 71.0 Å². The van der Waals surface area contributed by atoms with Crippen LogP contribution in [-0.2, 0) is 0 Å². The van der Waals surface area contributed by atoms with Crippen LogP contribution < -0.4 is 5.56 Å². The number of carbonyl (C=O) groups excluding carboxylic acids is 1. The zero-order chi connectivity index (χ0) is 21.6. The van der Waals surface area contributed by atoms with Gasteiger partial charge in [0.05, 0.1) is 5.56 Å². The van der Waals surface area contributed by atoms with Crippen molar-refractivity contribution in [1.29, 1.82) is 5.26 Å². The second-order valence-electron chi connectivity index (χ2n) is 7.80. The van der Waals surface area contributed by atoms with E-state index in [-0.39, 0.29) is 34.4 Å². The van der Waals surface area contributed by atoms with Crippen LogP contribution in [0.3, 0.4) is 0 Å². The number of benzene rings is 1. The number of nitriles is 1. The van der Waals surface area contributed by atoms with E-state index in [0.29, 0.717) is 11.1 Å². The summed E-state index contributed by atoms with van der Waals surface area (Å²) in [6.45, 7) is 3.30. The minimum absolute atomic E-state index is 0.0436. The number of furan rings is 1. The Bertz CT molecular complexity index is 1270. The van der Waals surface area contributed by atoms with Crippen LogP contribution in [0.4, 0.5) is 0 Å². The Labute approximate surface area is 181 Å². The fraction of sp³-hybridized carbons (Fsp3) is 0.348. The van der Waals surface area contributed by atoms with E-state index in [0.717, 1.165) is 42.0 Å².